The summed E-state index contributed by atoms with van der Waals surface area (Å²) in [6.07, 6.45) is 5.36. The molecule has 1 atom stereocenters. The van der Waals surface area contributed by atoms with Gasteiger partial charge in [-0.25, -0.2) is 0 Å². The van der Waals surface area contributed by atoms with Crippen LogP contribution in [-0.4, -0.2) is 62.7 Å². The molecule has 0 radical (unpaired) electrons. The third-order valence-corrected chi connectivity index (χ3v) is 5.10. The van der Waals surface area contributed by atoms with Gasteiger partial charge in [0.1, 0.15) is 0 Å². The summed E-state index contributed by atoms with van der Waals surface area (Å²) in [6, 6.07) is 0. The van der Waals surface area contributed by atoms with Crippen LogP contribution in [0.1, 0.15) is 46.5 Å². The second-order valence-corrected chi connectivity index (χ2v) is 7.09. The van der Waals surface area contributed by atoms with E-state index >= 15 is 0 Å². The highest BCUT2D eigenvalue weighted by molar-refractivity contribution is 4.98. The minimum atomic E-state index is 0.391. The predicted molar refractivity (Wildman–Crippen MR) is 84.7 cm³/mol. The van der Waals surface area contributed by atoms with Gasteiger partial charge in [0.15, 0.2) is 0 Å². The molecule has 0 saturated heterocycles. The highest BCUT2D eigenvalue weighted by atomic mass is 15.2. The molecule has 0 aromatic rings. The van der Waals surface area contributed by atoms with Gasteiger partial charge in [-0.1, -0.05) is 20.8 Å². The van der Waals surface area contributed by atoms with E-state index in [2.05, 4.69) is 57.0 Å². The summed E-state index contributed by atoms with van der Waals surface area (Å²) in [6.45, 7) is 11.5. The number of hydrogen-bond acceptors (Lipinski definition) is 3. The summed E-state index contributed by atoms with van der Waals surface area (Å²) in [5.74, 6) is 0. The molecule has 0 bridgehead atoms. The minimum absolute atomic E-state index is 0.391. The van der Waals surface area contributed by atoms with Crippen molar-refractivity contribution in [3.05, 3.63) is 0 Å². The third-order valence-electron chi connectivity index (χ3n) is 5.10. The lowest BCUT2D eigenvalue weighted by atomic mass is 9.75. The molecule has 0 aliphatic heterocycles. The van der Waals surface area contributed by atoms with E-state index in [-0.39, 0.29) is 0 Å². The van der Waals surface area contributed by atoms with E-state index in [0.717, 1.165) is 13.1 Å². The van der Waals surface area contributed by atoms with E-state index in [9.17, 15) is 0 Å². The smallest absolute Gasteiger partial charge is 0.0330 e. The Morgan fingerprint density at radius 3 is 2.16 bits per heavy atom. The molecule has 0 spiro atoms. The van der Waals surface area contributed by atoms with Crippen molar-refractivity contribution in [2.24, 2.45) is 5.41 Å². The predicted octanol–water partition coefficient (Wildman–Crippen LogP) is 2.43. The van der Waals surface area contributed by atoms with E-state index in [0.29, 0.717) is 11.0 Å². The molecule has 3 heteroatoms. The average Bonchev–Trinajstić information content (AvgIpc) is 2.31. The summed E-state index contributed by atoms with van der Waals surface area (Å²) in [5, 5.41) is 3.52. The first-order valence-electron chi connectivity index (χ1n) is 7.94. The number of likely N-dealkylation sites (N-methyl/N-ethyl adjacent to an activating group) is 2. The van der Waals surface area contributed by atoms with Gasteiger partial charge in [-0.3, -0.25) is 0 Å². The Morgan fingerprint density at radius 1 is 1.16 bits per heavy atom. The highest BCUT2D eigenvalue weighted by Crippen LogP contribution is 2.37. The van der Waals surface area contributed by atoms with Gasteiger partial charge in [0, 0.05) is 25.2 Å². The second kappa shape index (κ2) is 7.05. The first kappa shape index (κ1) is 16.9. The first-order valence-corrected chi connectivity index (χ1v) is 7.94. The van der Waals surface area contributed by atoms with Gasteiger partial charge < -0.3 is 15.1 Å². The fourth-order valence-corrected chi connectivity index (χ4v) is 3.26. The van der Waals surface area contributed by atoms with Gasteiger partial charge in [0.25, 0.3) is 0 Å². The van der Waals surface area contributed by atoms with Crippen LogP contribution in [-0.2, 0) is 0 Å². The van der Waals surface area contributed by atoms with Crippen LogP contribution in [0.3, 0.4) is 0 Å². The zero-order valence-corrected chi connectivity index (χ0v) is 14.1. The molecule has 1 saturated carbocycles. The molecule has 1 fully saturated rings. The van der Waals surface area contributed by atoms with Crippen molar-refractivity contribution in [3.63, 3.8) is 0 Å². The molecule has 0 aromatic heterocycles. The van der Waals surface area contributed by atoms with Crippen LogP contribution in [0.4, 0.5) is 0 Å². The fourth-order valence-electron chi connectivity index (χ4n) is 3.26. The van der Waals surface area contributed by atoms with E-state index < -0.39 is 0 Å². The first-order chi connectivity index (χ1) is 8.87. The van der Waals surface area contributed by atoms with Crippen LogP contribution in [0.15, 0.2) is 0 Å². The van der Waals surface area contributed by atoms with Crippen molar-refractivity contribution in [2.45, 2.75) is 52.0 Å². The Balaban J connectivity index is 2.50. The largest absolute Gasteiger partial charge is 0.316 e. The van der Waals surface area contributed by atoms with Crippen LogP contribution in [0.25, 0.3) is 0 Å². The zero-order chi connectivity index (χ0) is 14.5. The average molecular weight is 269 g/mol. The van der Waals surface area contributed by atoms with Crippen LogP contribution in [0.2, 0.25) is 0 Å². The van der Waals surface area contributed by atoms with Crippen LogP contribution >= 0.6 is 0 Å². The van der Waals surface area contributed by atoms with Crippen molar-refractivity contribution in [1.29, 1.82) is 0 Å². The highest BCUT2D eigenvalue weighted by Gasteiger charge is 2.40. The summed E-state index contributed by atoms with van der Waals surface area (Å²) in [7, 11) is 6.78. The van der Waals surface area contributed by atoms with Crippen molar-refractivity contribution >= 4 is 0 Å². The van der Waals surface area contributed by atoms with Crippen LogP contribution in [0.5, 0.6) is 0 Å². The number of rotatable bonds is 9. The van der Waals surface area contributed by atoms with Gasteiger partial charge in [0.2, 0.25) is 0 Å². The van der Waals surface area contributed by atoms with E-state index in [1.54, 1.807) is 0 Å². The van der Waals surface area contributed by atoms with Crippen molar-refractivity contribution in [1.82, 2.24) is 15.1 Å². The maximum absolute atomic E-state index is 3.52. The maximum atomic E-state index is 3.52. The molecule has 1 rings (SSSR count). The van der Waals surface area contributed by atoms with Crippen molar-refractivity contribution in [2.75, 3.05) is 47.3 Å². The molecule has 1 N–H and O–H groups in total. The normalized spacial score (nSPS) is 21.5. The molecule has 0 heterocycles. The van der Waals surface area contributed by atoms with Gasteiger partial charge in [0.05, 0.1) is 0 Å². The van der Waals surface area contributed by atoms with E-state index in [4.69, 9.17) is 0 Å². The lowest BCUT2D eigenvalue weighted by Gasteiger charge is -2.50. The summed E-state index contributed by atoms with van der Waals surface area (Å²) < 4.78 is 0. The zero-order valence-electron chi connectivity index (χ0n) is 14.1. The SMILES string of the molecule is CCNCC(C)(CC)CN(C)CC1(N(C)C)CCC1. The Bertz CT molecular complexity index is 261. The molecule has 1 aliphatic carbocycles. The molecule has 1 aliphatic rings. The van der Waals surface area contributed by atoms with Crippen LogP contribution < -0.4 is 5.32 Å². The van der Waals surface area contributed by atoms with Crippen molar-refractivity contribution in [3.8, 4) is 0 Å². The summed E-state index contributed by atoms with van der Waals surface area (Å²) in [5.41, 5.74) is 0.837. The summed E-state index contributed by atoms with van der Waals surface area (Å²) >= 11 is 0. The lowest BCUT2D eigenvalue weighted by molar-refractivity contribution is 0.0169. The molecular formula is C16H35N3. The van der Waals surface area contributed by atoms with Crippen molar-refractivity contribution < 1.29 is 0 Å². The molecule has 19 heavy (non-hydrogen) atoms. The van der Waals surface area contributed by atoms with Gasteiger partial charge in [-0.15, -0.1) is 0 Å². The monoisotopic (exact) mass is 269 g/mol. The fraction of sp³-hybridized carbons (Fsp3) is 1.00. The summed E-state index contributed by atoms with van der Waals surface area (Å²) in [4.78, 5) is 5.00. The standard InChI is InChI=1S/C16H35N3/c1-7-15(3,12-17-8-2)13-19(6)14-16(18(4)5)10-9-11-16/h17H,7-14H2,1-6H3. The maximum Gasteiger partial charge on any atom is 0.0330 e. The molecule has 3 nitrogen and oxygen atoms in total. The van der Waals surface area contributed by atoms with Gasteiger partial charge in [-0.2, -0.15) is 0 Å². The molecule has 1 unspecified atom stereocenters. The quantitative estimate of drug-likeness (QED) is 0.693. The Hall–Kier alpha value is -0.120. The van der Waals surface area contributed by atoms with Crippen LogP contribution in [0, 0.1) is 5.41 Å². The molecular weight excluding hydrogens is 234 g/mol. The Labute approximate surface area is 120 Å². The molecule has 114 valence electrons. The second-order valence-electron chi connectivity index (χ2n) is 7.09. The van der Waals surface area contributed by atoms with Gasteiger partial charge >= 0.3 is 0 Å². The Morgan fingerprint density at radius 2 is 1.79 bits per heavy atom. The topological polar surface area (TPSA) is 18.5 Å². The van der Waals surface area contributed by atoms with Gasteiger partial charge in [-0.05, 0) is 58.8 Å². The number of nitrogens with zero attached hydrogens (tertiary/aromatic N) is 2. The molecule has 0 amide bonds. The number of nitrogens with one attached hydrogen (secondary N) is 1. The molecule has 0 aromatic carbocycles. The number of hydrogen-bond donors (Lipinski definition) is 1. The van der Waals surface area contributed by atoms with E-state index in [1.165, 1.54) is 38.8 Å². The minimum Gasteiger partial charge on any atom is -0.316 e. The Kier molecular flexibility index (Phi) is 6.28. The van der Waals surface area contributed by atoms with E-state index in [1.807, 2.05) is 0 Å². The third kappa shape index (κ3) is 4.44. The lowest BCUT2D eigenvalue weighted by Crippen LogP contribution is -2.57.